The number of anilines is 2. The largest absolute Gasteiger partial charge is 0.441 e. The third-order valence-corrected chi connectivity index (χ3v) is 4.29. The van der Waals surface area contributed by atoms with Gasteiger partial charge in [-0.25, -0.2) is 0 Å². The Morgan fingerprint density at radius 1 is 1.08 bits per heavy atom. The summed E-state index contributed by atoms with van der Waals surface area (Å²) in [6, 6.07) is 13.2. The third-order valence-electron chi connectivity index (χ3n) is 4.29. The molecular weight excluding hydrogens is 318 g/mol. The lowest BCUT2D eigenvalue weighted by atomic mass is 10.1. The molecule has 1 saturated heterocycles. The fourth-order valence-electron chi connectivity index (χ4n) is 2.94. The lowest BCUT2D eigenvalue weighted by Crippen LogP contribution is -2.35. The molecule has 2 aliphatic rings. The third kappa shape index (κ3) is 3.08. The number of nitrogens with zero attached hydrogens (tertiary/aromatic N) is 3. The molecule has 2 aliphatic heterocycles. The fourth-order valence-corrected chi connectivity index (χ4v) is 2.94. The van der Waals surface area contributed by atoms with Crippen LogP contribution in [0.15, 0.2) is 57.6 Å². The molecule has 6 nitrogen and oxygen atoms in total. The standard InChI is InChI=1S/C19H19N3O3/c1-14-17(19(23)22(20-14)15-5-3-2-4-6-15)13-16-7-8-18(25-16)21-9-11-24-12-10-21/h2-8,13H,9-12H2,1H3/b17-13+. The van der Waals surface area contributed by atoms with Crippen molar-refractivity contribution in [1.29, 1.82) is 0 Å². The van der Waals surface area contributed by atoms with E-state index < -0.39 is 0 Å². The molecule has 0 N–H and O–H groups in total. The molecule has 128 valence electrons. The Kier molecular flexibility index (Phi) is 4.11. The highest BCUT2D eigenvalue weighted by atomic mass is 16.5. The van der Waals surface area contributed by atoms with Gasteiger partial charge in [-0.05, 0) is 31.2 Å². The first-order chi connectivity index (χ1) is 12.2. The summed E-state index contributed by atoms with van der Waals surface area (Å²) in [6.45, 7) is 4.86. The predicted octanol–water partition coefficient (Wildman–Crippen LogP) is 2.92. The van der Waals surface area contributed by atoms with Crippen molar-refractivity contribution in [2.45, 2.75) is 6.92 Å². The molecule has 25 heavy (non-hydrogen) atoms. The Labute approximate surface area is 146 Å². The van der Waals surface area contributed by atoms with Gasteiger partial charge in [-0.2, -0.15) is 10.1 Å². The Balaban J connectivity index is 1.56. The van der Waals surface area contributed by atoms with E-state index in [4.69, 9.17) is 9.15 Å². The summed E-state index contributed by atoms with van der Waals surface area (Å²) in [5, 5.41) is 5.80. The molecule has 1 aromatic carbocycles. The van der Waals surface area contributed by atoms with Crippen LogP contribution >= 0.6 is 0 Å². The monoisotopic (exact) mass is 337 g/mol. The van der Waals surface area contributed by atoms with Crippen LogP contribution in [0.4, 0.5) is 11.6 Å². The van der Waals surface area contributed by atoms with E-state index in [0.29, 0.717) is 30.3 Å². The molecule has 0 unspecified atom stereocenters. The van der Waals surface area contributed by atoms with Crippen LogP contribution in [-0.4, -0.2) is 37.9 Å². The average Bonchev–Trinajstić information content (AvgIpc) is 3.23. The van der Waals surface area contributed by atoms with Crippen LogP contribution in [0.5, 0.6) is 0 Å². The van der Waals surface area contributed by atoms with Crippen LogP contribution in [0, 0.1) is 0 Å². The number of hydrogen-bond acceptors (Lipinski definition) is 5. The molecule has 6 heteroatoms. The van der Waals surface area contributed by atoms with Crippen LogP contribution in [0.2, 0.25) is 0 Å². The second kappa shape index (κ2) is 6.57. The minimum Gasteiger partial charge on any atom is -0.441 e. The maximum atomic E-state index is 12.7. The van der Waals surface area contributed by atoms with Gasteiger partial charge in [-0.15, -0.1) is 0 Å². The van der Waals surface area contributed by atoms with E-state index in [2.05, 4.69) is 10.0 Å². The summed E-state index contributed by atoms with van der Waals surface area (Å²) >= 11 is 0. The van der Waals surface area contributed by atoms with Gasteiger partial charge in [0, 0.05) is 19.2 Å². The van der Waals surface area contributed by atoms with Crippen LogP contribution in [0.25, 0.3) is 6.08 Å². The quantitative estimate of drug-likeness (QED) is 0.808. The zero-order valence-electron chi connectivity index (χ0n) is 14.0. The molecular formula is C19H19N3O3. The maximum Gasteiger partial charge on any atom is 0.280 e. The molecule has 2 aromatic rings. The van der Waals surface area contributed by atoms with Gasteiger partial charge in [0.15, 0.2) is 5.88 Å². The predicted molar refractivity (Wildman–Crippen MR) is 96.8 cm³/mol. The molecule has 0 saturated carbocycles. The molecule has 1 fully saturated rings. The number of rotatable bonds is 3. The van der Waals surface area contributed by atoms with Gasteiger partial charge in [-0.1, -0.05) is 18.2 Å². The summed E-state index contributed by atoms with van der Waals surface area (Å²) in [5.41, 5.74) is 1.98. The molecule has 0 spiro atoms. The highest BCUT2D eigenvalue weighted by Crippen LogP contribution is 2.26. The van der Waals surface area contributed by atoms with Crippen molar-refractivity contribution in [3.63, 3.8) is 0 Å². The summed E-state index contributed by atoms with van der Waals surface area (Å²) in [6.07, 6.45) is 1.76. The second-order valence-corrected chi connectivity index (χ2v) is 5.97. The summed E-state index contributed by atoms with van der Waals surface area (Å²) in [4.78, 5) is 14.8. The number of hydrogen-bond donors (Lipinski definition) is 0. The van der Waals surface area contributed by atoms with Crippen LogP contribution in [0.3, 0.4) is 0 Å². The van der Waals surface area contributed by atoms with Crippen molar-refractivity contribution in [3.05, 3.63) is 53.8 Å². The first-order valence-corrected chi connectivity index (χ1v) is 8.32. The van der Waals surface area contributed by atoms with Crippen molar-refractivity contribution in [2.24, 2.45) is 5.10 Å². The van der Waals surface area contributed by atoms with Gasteiger partial charge >= 0.3 is 0 Å². The molecule has 3 heterocycles. The van der Waals surface area contributed by atoms with Gasteiger partial charge in [0.25, 0.3) is 5.91 Å². The zero-order valence-corrected chi connectivity index (χ0v) is 14.0. The normalized spacial score (nSPS) is 19.6. The van der Waals surface area contributed by atoms with Gasteiger partial charge in [0.1, 0.15) is 5.76 Å². The van der Waals surface area contributed by atoms with Gasteiger partial charge < -0.3 is 14.1 Å². The molecule has 0 bridgehead atoms. The number of amides is 1. The number of benzene rings is 1. The Morgan fingerprint density at radius 2 is 1.84 bits per heavy atom. The number of hydrazone groups is 1. The maximum absolute atomic E-state index is 12.7. The average molecular weight is 337 g/mol. The fraction of sp³-hybridized carbons (Fsp3) is 0.263. The lowest BCUT2D eigenvalue weighted by molar-refractivity contribution is -0.114. The summed E-state index contributed by atoms with van der Waals surface area (Å²) < 4.78 is 11.2. The minimum absolute atomic E-state index is 0.145. The molecule has 0 atom stereocenters. The Bertz CT molecular complexity index is 833. The summed E-state index contributed by atoms with van der Waals surface area (Å²) in [7, 11) is 0. The van der Waals surface area contributed by atoms with Gasteiger partial charge in [0.05, 0.1) is 30.2 Å². The summed E-state index contributed by atoms with van der Waals surface area (Å²) in [5.74, 6) is 1.30. The number of carbonyl (C=O) groups excluding carboxylic acids is 1. The second-order valence-electron chi connectivity index (χ2n) is 5.97. The van der Waals surface area contributed by atoms with Crippen LogP contribution in [-0.2, 0) is 9.53 Å². The topological polar surface area (TPSA) is 58.3 Å². The van der Waals surface area contributed by atoms with E-state index >= 15 is 0 Å². The van der Waals surface area contributed by atoms with Crippen LogP contribution in [0.1, 0.15) is 12.7 Å². The van der Waals surface area contributed by atoms with E-state index in [-0.39, 0.29) is 5.91 Å². The Morgan fingerprint density at radius 3 is 2.60 bits per heavy atom. The van der Waals surface area contributed by atoms with Crippen molar-refractivity contribution in [2.75, 3.05) is 36.2 Å². The number of ether oxygens (including phenoxy) is 1. The molecule has 0 aliphatic carbocycles. The van der Waals surface area contributed by atoms with E-state index in [9.17, 15) is 4.79 Å². The highest BCUT2D eigenvalue weighted by molar-refractivity contribution is 6.32. The van der Waals surface area contributed by atoms with Crippen molar-refractivity contribution in [3.8, 4) is 0 Å². The molecule has 4 rings (SSSR count). The first kappa shape index (κ1) is 15.7. The zero-order chi connectivity index (χ0) is 17.2. The smallest absolute Gasteiger partial charge is 0.280 e. The Hall–Kier alpha value is -2.86. The number of para-hydroxylation sites is 1. The van der Waals surface area contributed by atoms with E-state index in [1.54, 1.807) is 6.08 Å². The van der Waals surface area contributed by atoms with E-state index in [0.717, 1.165) is 24.7 Å². The lowest BCUT2D eigenvalue weighted by Gasteiger charge is -2.26. The minimum atomic E-state index is -0.145. The van der Waals surface area contributed by atoms with E-state index in [1.165, 1.54) is 5.01 Å². The molecule has 1 amide bonds. The number of morpholine rings is 1. The SMILES string of the molecule is CC1=NN(c2ccccc2)C(=O)/C1=C/c1ccc(N2CCOCC2)o1. The number of carbonyl (C=O) groups is 1. The van der Waals surface area contributed by atoms with E-state index in [1.807, 2.05) is 49.4 Å². The highest BCUT2D eigenvalue weighted by Gasteiger charge is 2.29. The van der Waals surface area contributed by atoms with Crippen molar-refractivity contribution >= 4 is 29.3 Å². The molecule has 1 aromatic heterocycles. The van der Waals surface area contributed by atoms with Crippen molar-refractivity contribution < 1.29 is 13.9 Å². The van der Waals surface area contributed by atoms with Crippen molar-refractivity contribution in [1.82, 2.24) is 0 Å². The van der Waals surface area contributed by atoms with Gasteiger partial charge in [0.2, 0.25) is 0 Å². The number of furan rings is 1. The van der Waals surface area contributed by atoms with Gasteiger partial charge in [-0.3, -0.25) is 4.79 Å². The first-order valence-electron chi connectivity index (χ1n) is 8.32. The van der Waals surface area contributed by atoms with Crippen LogP contribution < -0.4 is 9.91 Å². The molecule has 0 radical (unpaired) electrons.